The van der Waals surface area contributed by atoms with Crippen molar-refractivity contribution in [2.45, 2.75) is 12.3 Å². The summed E-state index contributed by atoms with van der Waals surface area (Å²) in [6.07, 6.45) is 0.948. The molecule has 0 spiro atoms. The van der Waals surface area contributed by atoms with Crippen LogP contribution in [0, 0.1) is 0 Å². The highest BCUT2D eigenvalue weighted by molar-refractivity contribution is 6.30. The zero-order chi connectivity index (χ0) is 12.7. The number of aromatic carboxylic acids is 1. The largest absolute Gasteiger partial charge is 0.476 e. The standard InChI is InChI=1S/C12H12ClN3O2/c13-9-3-1-2-8-10(12(17)18)15-11(16(8)9)7-4-5-14-6-7/h1-3,7,14H,4-6H2,(H,17,18). The smallest absolute Gasteiger partial charge is 0.356 e. The molecule has 5 nitrogen and oxygen atoms in total. The maximum Gasteiger partial charge on any atom is 0.356 e. The van der Waals surface area contributed by atoms with Crippen LogP contribution in [0.15, 0.2) is 18.2 Å². The van der Waals surface area contributed by atoms with E-state index in [-0.39, 0.29) is 11.6 Å². The van der Waals surface area contributed by atoms with Gasteiger partial charge in [0, 0.05) is 12.5 Å². The molecule has 3 rings (SSSR count). The van der Waals surface area contributed by atoms with Crippen LogP contribution in [0.25, 0.3) is 5.52 Å². The SMILES string of the molecule is O=C(O)c1nc(C2CCNC2)n2c(Cl)cccc12. The Hall–Kier alpha value is -1.59. The van der Waals surface area contributed by atoms with E-state index in [9.17, 15) is 9.90 Å². The lowest BCUT2D eigenvalue weighted by molar-refractivity contribution is 0.0693. The fourth-order valence-corrected chi connectivity index (χ4v) is 2.68. The second-order valence-electron chi connectivity index (χ2n) is 4.38. The molecule has 0 aliphatic carbocycles. The first-order chi connectivity index (χ1) is 8.68. The summed E-state index contributed by atoms with van der Waals surface area (Å²) in [4.78, 5) is 15.5. The van der Waals surface area contributed by atoms with Crippen molar-refractivity contribution in [3.05, 3.63) is 34.9 Å². The second kappa shape index (κ2) is 4.26. The fourth-order valence-electron chi connectivity index (χ4n) is 2.43. The molecule has 2 N–H and O–H groups in total. The third kappa shape index (κ3) is 1.67. The van der Waals surface area contributed by atoms with Gasteiger partial charge < -0.3 is 10.4 Å². The zero-order valence-electron chi connectivity index (χ0n) is 9.56. The minimum atomic E-state index is -1.02. The lowest BCUT2D eigenvalue weighted by Gasteiger charge is -2.08. The van der Waals surface area contributed by atoms with E-state index in [1.807, 2.05) is 0 Å². The summed E-state index contributed by atoms with van der Waals surface area (Å²) in [7, 11) is 0. The van der Waals surface area contributed by atoms with Crippen LogP contribution in [0.1, 0.15) is 28.7 Å². The van der Waals surface area contributed by atoms with Gasteiger partial charge in [0.1, 0.15) is 11.0 Å². The number of carboxylic acid groups (broad SMARTS) is 1. The van der Waals surface area contributed by atoms with E-state index in [1.54, 1.807) is 22.6 Å². The number of carbonyl (C=O) groups is 1. The monoisotopic (exact) mass is 265 g/mol. The molecule has 0 saturated carbocycles. The predicted molar refractivity (Wildman–Crippen MR) is 67.4 cm³/mol. The Bertz CT molecular complexity index is 617. The average Bonchev–Trinajstić information content (AvgIpc) is 2.95. The van der Waals surface area contributed by atoms with Gasteiger partial charge >= 0.3 is 5.97 Å². The number of halogens is 1. The number of aromatic nitrogens is 2. The quantitative estimate of drug-likeness (QED) is 0.812. The van der Waals surface area contributed by atoms with Crippen LogP contribution in [0.4, 0.5) is 0 Å². The summed E-state index contributed by atoms with van der Waals surface area (Å²) in [6.45, 7) is 1.73. The highest BCUT2D eigenvalue weighted by atomic mass is 35.5. The lowest BCUT2D eigenvalue weighted by Crippen LogP contribution is -2.10. The Morgan fingerprint density at radius 2 is 2.39 bits per heavy atom. The van der Waals surface area contributed by atoms with Crippen molar-refractivity contribution >= 4 is 23.1 Å². The molecule has 6 heteroatoms. The Balaban J connectivity index is 2.27. The molecule has 1 atom stereocenters. The average molecular weight is 266 g/mol. The number of imidazole rings is 1. The van der Waals surface area contributed by atoms with E-state index >= 15 is 0 Å². The van der Waals surface area contributed by atoms with E-state index in [1.165, 1.54) is 0 Å². The van der Waals surface area contributed by atoms with Gasteiger partial charge in [-0.15, -0.1) is 0 Å². The lowest BCUT2D eigenvalue weighted by atomic mass is 10.1. The van der Waals surface area contributed by atoms with Crippen molar-refractivity contribution in [2.75, 3.05) is 13.1 Å². The summed E-state index contributed by atoms with van der Waals surface area (Å²) in [6, 6.07) is 5.21. The van der Waals surface area contributed by atoms with Gasteiger partial charge in [-0.05, 0) is 25.1 Å². The molecule has 0 amide bonds. The van der Waals surface area contributed by atoms with Gasteiger partial charge in [0.25, 0.3) is 0 Å². The van der Waals surface area contributed by atoms with Crippen molar-refractivity contribution in [3.8, 4) is 0 Å². The van der Waals surface area contributed by atoms with Crippen LogP contribution in [0.3, 0.4) is 0 Å². The molecule has 1 aliphatic heterocycles. The number of nitrogens with zero attached hydrogens (tertiary/aromatic N) is 2. The minimum absolute atomic E-state index is 0.0689. The summed E-state index contributed by atoms with van der Waals surface area (Å²) in [5.41, 5.74) is 0.622. The maximum absolute atomic E-state index is 11.2. The Morgan fingerprint density at radius 1 is 1.56 bits per heavy atom. The van der Waals surface area contributed by atoms with Crippen molar-refractivity contribution in [1.29, 1.82) is 0 Å². The van der Waals surface area contributed by atoms with Gasteiger partial charge in [0.2, 0.25) is 0 Å². The third-order valence-electron chi connectivity index (χ3n) is 3.27. The number of pyridine rings is 1. The molecule has 1 aliphatic rings. The molecule has 1 fully saturated rings. The molecule has 1 unspecified atom stereocenters. The van der Waals surface area contributed by atoms with E-state index in [0.29, 0.717) is 10.7 Å². The fraction of sp³-hybridized carbons (Fsp3) is 0.333. The topological polar surface area (TPSA) is 66.6 Å². The van der Waals surface area contributed by atoms with Crippen molar-refractivity contribution in [1.82, 2.24) is 14.7 Å². The van der Waals surface area contributed by atoms with Crippen LogP contribution in [0.5, 0.6) is 0 Å². The molecule has 3 heterocycles. The molecular weight excluding hydrogens is 254 g/mol. The Kier molecular flexibility index (Phi) is 2.72. The van der Waals surface area contributed by atoms with Gasteiger partial charge in [-0.3, -0.25) is 4.40 Å². The number of nitrogens with one attached hydrogen (secondary N) is 1. The number of carboxylic acids is 1. The zero-order valence-corrected chi connectivity index (χ0v) is 10.3. The van der Waals surface area contributed by atoms with Gasteiger partial charge in [-0.25, -0.2) is 9.78 Å². The van der Waals surface area contributed by atoms with Crippen LogP contribution < -0.4 is 5.32 Å². The Labute approximate surface area is 108 Å². The normalized spacial score (nSPS) is 19.5. The van der Waals surface area contributed by atoms with E-state index in [4.69, 9.17) is 11.6 Å². The third-order valence-corrected chi connectivity index (χ3v) is 3.56. The van der Waals surface area contributed by atoms with Gasteiger partial charge in [-0.2, -0.15) is 0 Å². The molecule has 0 aromatic carbocycles. The number of rotatable bonds is 2. The van der Waals surface area contributed by atoms with Gasteiger partial charge in [0.05, 0.1) is 5.52 Å². The van der Waals surface area contributed by atoms with Crippen molar-refractivity contribution in [3.63, 3.8) is 0 Å². The molecule has 1 saturated heterocycles. The van der Waals surface area contributed by atoms with E-state index in [0.717, 1.165) is 25.3 Å². The highest BCUT2D eigenvalue weighted by Gasteiger charge is 2.26. The molecule has 94 valence electrons. The summed E-state index contributed by atoms with van der Waals surface area (Å²) in [5.74, 6) is -0.0736. The molecule has 2 aromatic rings. The number of fused-ring (bicyclic) bond motifs is 1. The summed E-state index contributed by atoms with van der Waals surface area (Å²) < 4.78 is 1.74. The van der Waals surface area contributed by atoms with Gasteiger partial charge in [-0.1, -0.05) is 17.7 Å². The molecule has 18 heavy (non-hydrogen) atoms. The van der Waals surface area contributed by atoms with Crippen LogP contribution in [0.2, 0.25) is 5.15 Å². The number of hydrogen-bond acceptors (Lipinski definition) is 3. The van der Waals surface area contributed by atoms with E-state index < -0.39 is 5.97 Å². The van der Waals surface area contributed by atoms with Crippen molar-refractivity contribution < 1.29 is 9.90 Å². The summed E-state index contributed by atoms with van der Waals surface area (Å²) >= 11 is 6.17. The second-order valence-corrected chi connectivity index (χ2v) is 4.77. The summed E-state index contributed by atoms with van der Waals surface area (Å²) in [5, 5.41) is 12.9. The van der Waals surface area contributed by atoms with Crippen molar-refractivity contribution in [2.24, 2.45) is 0 Å². The first-order valence-electron chi connectivity index (χ1n) is 5.79. The van der Waals surface area contributed by atoms with Gasteiger partial charge in [0.15, 0.2) is 5.69 Å². The molecule has 0 bridgehead atoms. The predicted octanol–water partition coefficient (Wildman–Crippen LogP) is 1.76. The molecule has 2 aromatic heterocycles. The Morgan fingerprint density at radius 3 is 3.06 bits per heavy atom. The number of hydrogen-bond donors (Lipinski definition) is 2. The first kappa shape index (κ1) is 11.5. The van der Waals surface area contributed by atoms with E-state index in [2.05, 4.69) is 10.3 Å². The van der Waals surface area contributed by atoms with Crippen LogP contribution >= 0.6 is 11.6 Å². The van der Waals surface area contributed by atoms with Crippen LogP contribution in [-0.4, -0.2) is 33.6 Å². The minimum Gasteiger partial charge on any atom is -0.476 e. The van der Waals surface area contributed by atoms with Crippen LogP contribution in [-0.2, 0) is 0 Å². The molecular formula is C12H12ClN3O2. The highest BCUT2D eigenvalue weighted by Crippen LogP contribution is 2.27. The molecule has 0 radical (unpaired) electrons. The first-order valence-corrected chi connectivity index (χ1v) is 6.17. The maximum atomic E-state index is 11.2.